The van der Waals surface area contributed by atoms with Crippen molar-refractivity contribution in [1.29, 1.82) is 0 Å². The average Bonchev–Trinajstić information content (AvgIpc) is 2.12. The van der Waals surface area contributed by atoms with Crippen LogP contribution in [0.3, 0.4) is 0 Å². The lowest BCUT2D eigenvalue weighted by atomic mass is 10.1. The number of benzene rings is 1. The maximum Gasteiger partial charge on any atom is 0.165 e. The number of aliphatic hydroxyl groups is 1. The van der Waals surface area contributed by atoms with Crippen molar-refractivity contribution in [1.82, 2.24) is 0 Å². The molecule has 0 aliphatic carbocycles. The Balaban J connectivity index is 2.96. The van der Waals surface area contributed by atoms with Crippen LogP contribution in [0.2, 0.25) is 5.02 Å². The van der Waals surface area contributed by atoms with Gasteiger partial charge in [-0.25, -0.2) is 4.39 Å². The van der Waals surface area contributed by atoms with E-state index in [0.29, 0.717) is 23.4 Å². The molecule has 0 spiro atoms. The number of aliphatic hydroxyl groups excluding tert-OH is 1. The summed E-state index contributed by atoms with van der Waals surface area (Å²) in [5.74, 6) is -1.10. The number of aromatic hydroxyl groups is 1. The minimum atomic E-state index is -0.683. The minimum Gasteiger partial charge on any atom is -0.505 e. The monoisotopic (exact) mass is 204 g/mol. The lowest BCUT2D eigenvalue weighted by Crippen LogP contribution is -1.93. The van der Waals surface area contributed by atoms with Gasteiger partial charge in [0.1, 0.15) is 0 Å². The number of phenols is 1. The molecule has 72 valence electrons. The van der Waals surface area contributed by atoms with Crippen molar-refractivity contribution in [3.8, 4) is 5.75 Å². The predicted octanol–water partition coefficient (Wildman–Crippen LogP) is 2.11. The van der Waals surface area contributed by atoms with Crippen LogP contribution in [0.4, 0.5) is 4.39 Å². The van der Waals surface area contributed by atoms with Crippen LogP contribution in [0.1, 0.15) is 12.0 Å². The highest BCUT2D eigenvalue weighted by Crippen LogP contribution is 2.29. The maximum absolute atomic E-state index is 12.8. The van der Waals surface area contributed by atoms with Crippen LogP contribution in [0.25, 0.3) is 0 Å². The highest BCUT2D eigenvalue weighted by atomic mass is 35.5. The molecule has 4 heteroatoms. The Morgan fingerprint density at radius 2 is 2.08 bits per heavy atom. The van der Waals surface area contributed by atoms with Crippen LogP contribution >= 0.6 is 11.6 Å². The maximum atomic E-state index is 12.8. The summed E-state index contributed by atoms with van der Waals surface area (Å²) in [6, 6.07) is 2.50. The first-order valence-electron chi connectivity index (χ1n) is 3.93. The second-order valence-corrected chi connectivity index (χ2v) is 3.09. The molecule has 2 nitrogen and oxygen atoms in total. The van der Waals surface area contributed by atoms with E-state index >= 15 is 0 Å². The molecule has 0 saturated heterocycles. The first kappa shape index (κ1) is 10.3. The topological polar surface area (TPSA) is 40.5 Å². The molecule has 1 aromatic carbocycles. The number of hydrogen-bond donors (Lipinski definition) is 2. The van der Waals surface area contributed by atoms with Gasteiger partial charge in [0.2, 0.25) is 0 Å². The summed E-state index contributed by atoms with van der Waals surface area (Å²) in [6.45, 7) is -0.00766. The van der Waals surface area contributed by atoms with E-state index in [2.05, 4.69) is 0 Å². The van der Waals surface area contributed by atoms with Crippen LogP contribution in [0.15, 0.2) is 12.1 Å². The van der Waals surface area contributed by atoms with E-state index in [4.69, 9.17) is 16.7 Å². The van der Waals surface area contributed by atoms with E-state index in [1.54, 1.807) is 0 Å². The number of halogens is 2. The molecule has 0 amide bonds. The molecule has 0 aromatic heterocycles. The van der Waals surface area contributed by atoms with Crippen molar-refractivity contribution in [3.63, 3.8) is 0 Å². The fourth-order valence-electron chi connectivity index (χ4n) is 1.08. The molecule has 0 heterocycles. The van der Waals surface area contributed by atoms with Gasteiger partial charge in [-0.05, 0) is 25.0 Å². The summed E-state index contributed by atoms with van der Waals surface area (Å²) < 4.78 is 12.8. The zero-order valence-electron chi connectivity index (χ0n) is 6.93. The van der Waals surface area contributed by atoms with Crippen LogP contribution in [-0.2, 0) is 6.42 Å². The zero-order chi connectivity index (χ0) is 9.84. The van der Waals surface area contributed by atoms with Crippen LogP contribution in [0.5, 0.6) is 5.75 Å². The minimum absolute atomic E-state index is 0.00766. The van der Waals surface area contributed by atoms with Crippen molar-refractivity contribution in [3.05, 3.63) is 28.5 Å². The molecule has 2 N–H and O–H groups in total. The molecular formula is C9H10ClFO2. The van der Waals surface area contributed by atoms with E-state index in [9.17, 15) is 9.50 Å². The lowest BCUT2D eigenvalue weighted by Gasteiger charge is -2.06. The quantitative estimate of drug-likeness (QED) is 0.792. The molecule has 0 aliphatic heterocycles. The van der Waals surface area contributed by atoms with E-state index in [1.165, 1.54) is 6.07 Å². The van der Waals surface area contributed by atoms with Crippen molar-refractivity contribution in [2.45, 2.75) is 12.8 Å². The molecular weight excluding hydrogens is 195 g/mol. The average molecular weight is 205 g/mol. The third kappa shape index (κ3) is 2.32. The van der Waals surface area contributed by atoms with Crippen LogP contribution in [0, 0.1) is 5.82 Å². The third-order valence-electron chi connectivity index (χ3n) is 1.76. The summed E-state index contributed by atoms with van der Waals surface area (Å²) in [5, 5.41) is 18.2. The van der Waals surface area contributed by atoms with Crippen molar-refractivity contribution in [2.75, 3.05) is 6.61 Å². The first-order valence-corrected chi connectivity index (χ1v) is 4.31. The summed E-state index contributed by atoms with van der Waals surface area (Å²) >= 11 is 5.73. The van der Waals surface area contributed by atoms with Crippen molar-refractivity contribution >= 4 is 11.6 Å². The van der Waals surface area contributed by atoms with E-state index in [-0.39, 0.29) is 6.61 Å². The Morgan fingerprint density at radius 3 is 2.69 bits per heavy atom. The van der Waals surface area contributed by atoms with Crippen molar-refractivity contribution < 1.29 is 14.6 Å². The van der Waals surface area contributed by atoms with Gasteiger partial charge in [-0.15, -0.1) is 0 Å². The summed E-state index contributed by atoms with van der Waals surface area (Å²) in [6.07, 6.45) is 0.829. The van der Waals surface area contributed by atoms with Gasteiger partial charge in [0.25, 0.3) is 0 Å². The standard InChI is InChI=1S/C9H10ClFO2/c10-7-3-4-8(11)9(13)6(7)2-1-5-12/h3-4,12-13H,1-2,5H2. The van der Waals surface area contributed by atoms with E-state index < -0.39 is 11.6 Å². The molecule has 0 bridgehead atoms. The Kier molecular flexibility index (Phi) is 3.51. The predicted molar refractivity (Wildman–Crippen MR) is 48.5 cm³/mol. The highest BCUT2D eigenvalue weighted by Gasteiger charge is 2.10. The SMILES string of the molecule is OCCCc1c(Cl)ccc(F)c1O. The molecule has 0 atom stereocenters. The summed E-state index contributed by atoms with van der Waals surface area (Å²) in [4.78, 5) is 0. The fraction of sp³-hybridized carbons (Fsp3) is 0.333. The molecule has 0 fully saturated rings. The van der Waals surface area contributed by atoms with Gasteiger partial charge in [-0.2, -0.15) is 0 Å². The van der Waals surface area contributed by atoms with Gasteiger partial charge in [0.15, 0.2) is 11.6 Å². The number of phenolic OH excluding ortho intramolecular Hbond substituents is 1. The van der Waals surface area contributed by atoms with Gasteiger partial charge >= 0.3 is 0 Å². The zero-order valence-corrected chi connectivity index (χ0v) is 7.68. The first-order chi connectivity index (χ1) is 6.16. The third-order valence-corrected chi connectivity index (χ3v) is 2.12. The number of rotatable bonds is 3. The second-order valence-electron chi connectivity index (χ2n) is 2.68. The smallest absolute Gasteiger partial charge is 0.165 e. The molecule has 13 heavy (non-hydrogen) atoms. The Labute approximate surface area is 80.6 Å². The largest absolute Gasteiger partial charge is 0.505 e. The Hall–Kier alpha value is -0.800. The summed E-state index contributed by atoms with van der Waals surface area (Å²) in [5.41, 5.74) is 0.357. The van der Waals surface area contributed by atoms with E-state index in [0.717, 1.165) is 6.07 Å². The lowest BCUT2D eigenvalue weighted by molar-refractivity contribution is 0.287. The number of hydrogen-bond acceptors (Lipinski definition) is 2. The second kappa shape index (κ2) is 4.44. The fourth-order valence-corrected chi connectivity index (χ4v) is 1.32. The van der Waals surface area contributed by atoms with Gasteiger partial charge in [0.05, 0.1) is 0 Å². The van der Waals surface area contributed by atoms with E-state index in [1.807, 2.05) is 0 Å². The van der Waals surface area contributed by atoms with Gasteiger partial charge in [0, 0.05) is 17.2 Å². The Bertz CT molecular complexity index is 302. The molecule has 0 saturated carbocycles. The van der Waals surface area contributed by atoms with Crippen molar-refractivity contribution in [2.24, 2.45) is 0 Å². The molecule has 0 unspecified atom stereocenters. The molecule has 1 rings (SSSR count). The van der Waals surface area contributed by atoms with Gasteiger partial charge < -0.3 is 10.2 Å². The van der Waals surface area contributed by atoms with Gasteiger partial charge in [-0.3, -0.25) is 0 Å². The molecule has 0 aliphatic rings. The summed E-state index contributed by atoms with van der Waals surface area (Å²) in [7, 11) is 0. The molecule has 0 radical (unpaired) electrons. The normalized spacial score (nSPS) is 10.4. The van der Waals surface area contributed by atoms with Crippen LogP contribution < -0.4 is 0 Å². The van der Waals surface area contributed by atoms with Crippen LogP contribution in [-0.4, -0.2) is 16.8 Å². The Morgan fingerprint density at radius 1 is 1.38 bits per heavy atom. The highest BCUT2D eigenvalue weighted by molar-refractivity contribution is 6.31. The van der Waals surface area contributed by atoms with Gasteiger partial charge in [-0.1, -0.05) is 11.6 Å². The molecule has 1 aromatic rings.